The Hall–Kier alpha value is -0.830. The van der Waals surface area contributed by atoms with Crippen LogP contribution in [0.1, 0.15) is 39.2 Å². The molecule has 0 fully saturated rings. The molecule has 74 valence electrons. The fourth-order valence-electron chi connectivity index (χ4n) is 1.15. The lowest BCUT2D eigenvalue weighted by atomic mass is 9.93. The molecule has 0 spiro atoms. The van der Waals surface area contributed by atoms with Gasteiger partial charge in [0.15, 0.2) is 0 Å². The third-order valence-corrected chi connectivity index (χ3v) is 1.95. The lowest BCUT2D eigenvalue weighted by molar-refractivity contribution is 0.569. The first-order chi connectivity index (χ1) is 5.89. The van der Waals surface area contributed by atoms with Gasteiger partial charge in [0.1, 0.15) is 5.82 Å². The number of hydrogen-bond donors (Lipinski definition) is 2. The summed E-state index contributed by atoms with van der Waals surface area (Å²) in [6.07, 6.45) is 2.72. The SMILES string of the molecule is CC(N)Cc1ncc(C(C)(C)C)[nH]1. The number of hydrogen-bond acceptors (Lipinski definition) is 2. The molecule has 0 radical (unpaired) electrons. The van der Waals surface area contributed by atoms with Gasteiger partial charge in [-0.1, -0.05) is 20.8 Å². The maximum Gasteiger partial charge on any atom is 0.107 e. The summed E-state index contributed by atoms with van der Waals surface area (Å²) in [6, 6.07) is 0.166. The lowest BCUT2D eigenvalue weighted by Gasteiger charge is -2.15. The van der Waals surface area contributed by atoms with Gasteiger partial charge >= 0.3 is 0 Å². The van der Waals surface area contributed by atoms with Gasteiger partial charge in [-0.15, -0.1) is 0 Å². The molecule has 0 aliphatic heterocycles. The molecule has 0 saturated carbocycles. The third-order valence-electron chi connectivity index (χ3n) is 1.95. The minimum absolute atomic E-state index is 0.142. The van der Waals surface area contributed by atoms with Gasteiger partial charge in [-0.2, -0.15) is 0 Å². The molecule has 1 rings (SSSR count). The Kier molecular flexibility index (Phi) is 2.76. The van der Waals surface area contributed by atoms with E-state index in [4.69, 9.17) is 5.73 Å². The van der Waals surface area contributed by atoms with Gasteiger partial charge in [-0.3, -0.25) is 0 Å². The molecule has 1 atom stereocenters. The summed E-state index contributed by atoms with van der Waals surface area (Å²) in [7, 11) is 0. The van der Waals surface area contributed by atoms with E-state index in [1.807, 2.05) is 13.1 Å². The summed E-state index contributed by atoms with van der Waals surface area (Å²) in [5, 5.41) is 0. The van der Waals surface area contributed by atoms with Crippen LogP contribution < -0.4 is 5.73 Å². The molecule has 1 unspecified atom stereocenters. The van der Waals surface area contributed by atoms with Crippen LogP contribution in [-0.4, -0.2) is 16.0 Å². The molecule has 0 amide bonds. The number of nitrogens with one attached hydrogen (secondary N) is 1. The zero-order valence-corrected chi connectivity index (χ0v) is 8.89. The van der Waals surface area contributed by atoms with Gasteiger partial charge in [0.2, 0.25) is 0 Å². The van der Waals surface area contributed by atoms with E-state index in [0.717, 1.165) is 12.2 Å². The number of nitrogens with zero attached hydrogens (tertiary/aromatic N) is 1. The molecule has 1 heterocycles. The van der Waals surface area contributed by atoms with Crippen molar-refractivity contribution in [2.45, 2.75) is 45.6 Å². The molecule has 1 aromatic heterocycles. The quantitative estimate of drug-likeness (QED) is 0.728. The normalized spacial score (nSPS) is 14.5. The van der Waals surface area contributed by atoms with Gasteiger partial charge < -0.3 is 10.7 Å². The first kappa shape index (κ1) is 10.3. The lowest BCUT2D eigenvalue weighted by Crippen LogP contribution is -2.19. The smallest absolute Gasteiger partial charge is 0.107 e. The van der Waals surface area contributed by atoms with E-state index in [2.05, 4.69) is 30.7 Å². The number of nitrogens with two attached hydrogens (primary N) is 1. The van der Waals surface area contributed by atoms with Crippen molar-refractivity contribution in [1.29, 1.82) is 0 Å². The Labute approximate surface area is 79.8 Å². The zero-order valence-electron chi connectivity index (χ0n) is 8.89. The predicted molar refractivity (Wildman–Crippen MR) is 54.6 cm³/mol. The number of rotatable bonds is 2. The first-order valence-corrected chi connectivity index (χ1v) is 4.69. The summed E-state index contributed by atoms with van der Waals surface area (Å²) in [5.74, 6) is 0.986. The second-order valence-electron chi connectivity index (χ2n) is 4.67. The Bertz CT molecular complexity index is 268. The zero-order chi connectivity index (χ0) is 10.1. The predicted octanol–water partition coefficient (Wildman–Crippen LogP) is 1.60. The Balaban J connectivity index is 2.75. The van der Waals surface area contributed by atoms with Gasteiger partial charge in [0.25, 0.3) is 0 Å². The molecule has 0 aromatic carbocycles. The van der Waals surface area contributed by atoms with Crippen LogP contribution in [-0.2, 0) is 11.8 Å². The fraction of sp³-hybridized carbons (Fsp3) is 0.700. The van der Waals surface area contributed by atoms with Crippen LogP contribution in [0.4, 0.5) is 0 Å². The molecule has 3 N–H and O–H groups in total. The minimum atomic E-state index is 0.142. The van der Waals surface area contributed by atoms with Crippen LogP contribution in [0, 0.1) is 0 Å². The van der Waals surface area contributed by atoms with E-state index >= 15 is 0 Å². The number of H-pyrrole nitrogens is 1. The topological polar surface area (TPSA) is 54.7 Å². The highest BCUT2D eigenvalue weighted by Crippen LogP contribution is 2.19. The molecule has 3 nitrogen and oxygen atoms in total. The molecule has 0 aliphatic carbocycles. The molecular formula is C10H19N3. The van der Waals surface area contributed by atoms with Gasteiger partial charge in [0.05, 0.1) is 0 Å². The van der Waals surface area contributed by atoms with E-state index in [1.54, 1.807) is 0 Å². The van der Waals surface area contributed by atoms with Crippen LogP contribution in [0.15, 0.2) is 6.20 Å². The van der Waals surface area contributed by atoms with Crippen LogP contribution in [0.3, 0.4) is 0 Å². The minimum Gasteiger partial charge on any atom is -0.345 e. The molecule has 13 heavy (non-hydrogen) atoms. The Morgan fingerprint density at radius 3 is 2.54 bits per heavy atom. The maximum atomic E-state index is 5.68. The van der Waals surface area contributed by atoms with Gasteiger partial charge in [-0.25, -0.2) is 4.98 Å². The van der Waals surface area contributed by atoms with Crippen LogP contribution in [0.2, 0.25) is 0 Å². The van der Waals surface area contributed by atoms with Crippen molar-refractivity contribution in [2.24, 2.45) is 5.73 Å². The highest BCUT2D eigenvalue weighted by Gasteiger charge is 2.16. The third kappa shape index (κ3) is 2.84. The van der Waals surface area contributed by atoms with Crippen molar-refractivity contribution in [2.75, 3.05) is 0 Å². The number of aromatic nitrogens is 2. The van der Waals surface area contributed by atoms with Crippen LogP contribution >= 0.6 is 0 Å². The summed E-state index contributed by atoms with van der Waals surface area (Å²) in [6.45, 7) is 8.47. The first-order valence-electron chi connectivity index (χ1n) is 4.69. The largest absolute Gasteiger partial charge is 0.345 e. The monoisotopic (exact) mass is 181 g/mol. The summed E-state index contributed by atoms with van der Waals surface area (Å²) < 4.78 is 0. The average Bonchev–Trinajstić information content (AvgIpc) is 2.32. The second-order valence-corrected chi connectivity index (χ2v) is 4.67. The highest BCUT2D eigenvalue weighted by molar-refractivity contribution is 5.11. The number of imidazole rings is 1. The van der Waals surface area contributed by atoms with Gasteiger partial charge in [0, 0.05) is 29.8 Å². The molecule has 0 saturated heterocycles. The van der Waals surface area contributed by atoms with Crippen LogP contribution in [0.5, 0.6) is 0 Å². The second kappa shape index (κ2) is 3.50. The van der Waals surface area contributed by atoms with E-state index in [-0.39, 0.29) is 11.5 Å². The average molecular weight is 181 g/mol. The van der Waals surface area contributed by atoms with Crippen molar-refractivity contribution < 1.29 is 0 Å². The molecule has 0 aliphatic rings. The van der Waals surface area contributed by atoms with Crippen molar-refractivity contribution >= 4 is 0 Å². The highest BCUT2D eigenvalue weighted by atomic mass is 14.9. The summed E-state index contributed by atoms with van der Waals surface area (Å²) in [5.41, 5.74) is 6.99. The van der Waals surface area contributed by atoms with Crippen molar-refractivity contribution in [1.82, 2.24) is 9.97 Å². The van der Waals surface area contributed by atoms with E-state index in [1.165, 1.54) is 5.69 Å². The fourth-order valence-corrected chi connectivity index (χ4v) is 1.15. The van der Waals surface area contributed by atoms with E-state index in [0.29, 0.717) is 0 Å². The van der Waals surface area contributed by atoms with Crippen molar-refractivity contribution in [3.05, 3.63) is 17.7 Å². The van der Waals surface area contributed by atoms with Crippen molar-refractivity contribution in [3.8, 4) is 0 Å². The number of aromatic amines is 1. The van der Waals surface area contributed by atoms with E-state index in [9.17, 15) is 0 Å². The Morgan fingerprint density at radius 1 is 1.54 bits per heavy atom. The summed E-state index contributed by atoms with van der Waals surface area (Å²) >= 11 is 0. The van der Waals surface area contributed by atoms with E-state index < -0.39 is 0 Å². The summed E-state index contributed by atoms with van der Waals surface area (Å²) in [4.78, 5) is 7.58. The van der Waals surface area contributed by atoms with Crippen LogP contribution in [0.25, 0.3) is 0 Å². The van der Waals surface area contributed by atoms with Gasteiger partial charge in [-0.05, 0) is 6.92 Å². The Morgan fingerprint density at radius 2 is 2.15 bits per heavy atom. The van der Waals surface area contributed by atoms with Crippen molar-refractivity contribution in [3.63, 3.8) is 0 Å². The standard InChI is InChI=1S/C10H19N3/c1-7(11)5-9-12-6-8(13-9)10(2,3)4/h6-7H,5,11H2,1-4H3,(H,12,13). The molecule has 1 aromatic rings. The molecule has 3 heteroatoms. The molecular weight excluding hydrogens is 162 g/mol. The maximum absolute atomic E-state index is 5.68. The molecule has 0 bridgehead atoms.